The number of aryl methyl sites for hydroxylation is 1. The van der Waals surface area contributed by atoms with Crippen LogP contribution in [0.2, 0.25) is 0 Å². The quantitative estimate of drug-likeness (QED) is 0.638. The van der Waals surface area contributed by atoms with Gasteiger partial charge in [-0.2, -0.15) is 0 Å². The number of carbonyl (C=O) groups excluding carboxylic acids is 1. The minimum atomic E-state index is -3.75. The molecule has 0 spiro atoms. The number of benzene rings is 1. The van der Waals surface area contributed by atoms with Crippen LogP contribution in [0.5, 0.6) is 0 Å². The van der Waals surface area contributed by atoms with Crippen LogP contribution in [0.15, 0.2) is 66.0 Å². The van der Waals surface area contributed by atoms with Crippen LogP contribution in [-0.2, 0) is 21.4 Å². The van der Waals surface area contributed by atoms with E-state index in [2.05, 4.69) is 9.97 Å². The first-order valence-electron chi connectivity index (χ1n) is 8.63. The van der Waals surface area contributed by atoms with Crippen LogP contribution in [0.3, 0.4) is 0 Å². The number of hydrogen-bond acceptors (Lipinski definition) is 6. The normalized spacial score (nSPS) is 17.2. The molecule has 1 atom stereocenters. The maximum atomic E-state index is 13.1. The minimum absolute atomic E-state index is 0.0535. The summed E-state index contributed by atoms with van der Waals surface area (Å²) in [5.74, 6) is 0.239. The summed E-state index contributed by atoms with van der Waals surface area (Å²) in [6.07, 6.45) is 4.81. The summed E-state index contributed by atoms with van der Waals surface area (Å²) in [6.45, 7) is 2.12. The van der Waals surface area contributed by atoms with Crippen molar-refractivity contribution in [1.29, 1.82) is 0 Å². The Balaban J connectivity index is 1.68. The lowest BCUT2D eigenvalue weighted by Gasteiger charge is -2.24. The molecule has 1 aliphatic heterocycles. The lowest BCUT2D eigenvalue weighted by molar-refractivity contribution is -0.128. The van der Waals surface area contributed by atoms with Gasteiger partial charge in [0.1, 0.15) is 5.37 Å². The van der Waals surface area contributed by atoms with Crippen LogP contribution >= 0.6 is 11.8 Å². The fourth-order valence-electron chi connectivity index (χ4n) is 3.04. The van der Waals surface area contributed by atoms with Crippen LogP contribution in [0.4, 0.5) is 0 Å². The monoisotopic (exact) mass is 414 g/mol. The number of thioether (sulfide) groups is 1. The molecular formula is C19H18N4O3S2. The molecule has 0 radical (unpaired) electrons. The number of aromatic nitrogens is 3. The second-order valence-corrected chi connectivity index (χ2v) is 9.26. The van der Waals surface area contributed by atoms with Gasteiger partial charge in [0.15, 0.2) is 0 Å². The standard InChI is InChI=1S/C19H18N4O3S2/c1-14-10-21-15(11-20-14)12-22-18(24)13-27-19(22)17-8-5-9-23(17)28(25,26)16-6-3-2-4-7-16/h2-11,19H,12-13H2,1H3. The van der Waals surface area contributed by atoms with E-state index in [0.717, 1.165) is 5.69 Å². The molecule has 1 aliphatic rings. The van der Waals surface area contributed by atoms with E-state index in [1.54, 1.807) is 59.8 Å². The highest BCUT2D eigenvalue weighted by atomic mass is 32.2. The van der Waals surface area contributed by atoms with E-state index in [4.69, 9.17) is 0 Å². The summed E-state index contributed by atoms with van der Waals surface area (Å²) in [5, 5.41) is -0.413. The largest absolute Gasteiger partial charge is 0.318 e. The van der Waals surface area contributed by atoms with E-state index in [-0.39, 0.29) is 17.3 Å². The van der Waals surface area contributed by atoms with Gasteiger partial charge in [-0.15, -0.1) is 11.8 Å². The fraction of sp³-hybridized carbons (Fsp3) is 0.211. The van der Waals surface area contributed by atoms with E-state index in [1.165, 1.54) is 21.9 Å². The first kappa shape index (κ1) is 18.7. The third-order valence-corrected chi connectivity index (χ3v) is 7.37. The number of hydrogen-bond donors (Lipinski definition) is 0. The molecular weight excluding hydrogens is 396 g/mol. The summed E-state index contributed by atoms with van der Waals surface area (Å²) < 4.78 is 27.4. The van der Waals surface area contributed by atoms with Gasteiger partial charge in [0.05, 0.1) is 40.5 Å². The van der Waals surface area contributed by atoms with E-state index < -0.39 is 15.4 Å². The lowest BCUT2D eigenvalue weighted by atomic mass is 10.3. The van der Waals surface area contributed by atoms with Crippen LogP contribution in [0.25, 0.3) is 0 Å². The van der Waals surface area contributed by atoms with Gasteiger partial charge in [0.2, 0.25) is 5.91 Å². The Bertz CT molecular complexity index is 1100. The van der Waals surface area contributed by atoms with E-state index in [1.807, 2.05) is 6.92 Å². The summed E-state index contributed by atoms with van der Waals surface area (Å²) in [4.78, 5) is 22.9. The van der Waals surface area contributed by atoms with Gasteiger partial charge in [-0.3, -0.25) is 14.8 Å². The Hall–Kier alpha value is -2.65. The SMILES string of the molecule is Cc1cnc(CN2C(=O)CSC2c2cccn2S(=O)(=O)c2ccccc2)cn1. The average Bonchev–Trinajstić information content (AvgIpc) is 3.32. The van der Waals surface area contributed by atoms with Gasteiger partial charge in [-0.1, -0.05) is 18.2 Å². The Morgan fingerprint density at radius 3 is 2.61 bits per heavy atom. The van der Waals surface area contributed by atoms with Gasteiger partial charge >= 0.3 is 0 Å². The van der Waals surface area contributed by atoms with Gasteiger partial charge in [0, 0.05) is 12.4 Å². The molecule has 1 aromatic carbocycles. The van der Waals surface area contributed by atoms with E-state index >= 15 is 0 Å². The summed E-state index contributed by atoms with van der Waals surface area (Å²) >= 11 is 1.41. The van der Waals surface area contributed by atoms with Gasteiger partial charge < -0.3 is 4.90 Å². The molecule has 144 valence electrons. The molecule has 1 amide bonds. The van der Waals surface area contributed by atoms with Crippen molar-refractivity contribution in [2.24, 2.45) is 0 Å². The molecule has 28 heavy (non-hydrogen) atoms. The van der Waals surface area contributed by atoms with Gasteiger partial charge in [-0.25, -0.2) is 12.4 Å². The highest BCUT2D eigenvalue weighted by molar-refractivity contribution is 8.00. The number of nitrogens with zero attached hydrogens (tertiary/aromatic N) is 4. The van der Waals surface area contributed by atoms with Crippen LogP contribution in [-0.4, -0.2) is 38.9 Å². The summed E-state index contributed by atoms with van der Waals surface area (Å²) in [5.41, 5.74) is 2.00. The van der Waals surface area contributed by atoms with Gasteiger partial charge in [-0.05, 0) is 31.2 Å². The predicted molar refractivity (Wildman–Crippen MR) is 106 cm³/mol. The zero-order valence-corrected chi connectivity index (χ0v) is 16.7. The van der Waals surface area contributed by atoms with Crippen molar-refractivity contribution in [2.45, 2.75) is 23.7 Å². The second kappa shape index (κ2) is 7.40. The molecule has 3 aromatic rings. The highest BCUT2D eigenvalue weighted by Crippen LogP contribution is 2.40. The van der Waals surface area contributed by atoms with Crippen molar-refractivity contribution in [3.8, 4) is 0 Å². The molecule has 1 fully saturated rings. The molecule has 2 aromatic heterocycles. The van der Waals surface area contributed by atoms with Crippen molar-refractivity contribution >= 4 is 27.7 Å². The molecule has 7 nitrogen and oxygen atoms in total. The molecule has 1 saturated heterocycles. The number of rotatable bonds is 5. The van der Waals surface area contributed by atoms with Crippen LogP contribution in [0.1, 0.15) is 22.5 Å². The first-order valence-corrected chi connectivity index (χ1v) is 11.1. The summed E-state index contributed by atoms with van der Waals surface area (Å²) in [7, 11) is -3.75. The molecule has 0 bridgehead atoms. The maximum absolute atomic E-state index is 13.1. The van der Waals surface area contributed by atoms with E-state index in [0.29, 0.717) is 17.1 Å². The maximum Gasteiger partial charge on any atom is 0.267 e. The molecule has 3 heterocycles. The first-order chi connectivity index (χ1) is 13.5. The minimum Gasteiger partial charge on any atom is -0.318 e. The Labute approximate surface area is 167 Å². The Morgan fingerprint density at radius 2 is 1.89 bits per heavy atom. The van der Waals surface area contributed by atoms with Crippen molar-refractivity contribution in [3.63, 3.8) is 0 Å². The van der Waals surface area contributed by atoms with E-state index in [9.17, 15) is 13.2 Å². The summed E-state index contributed by atoms with van der Waals surface area (Å²) in [6, 6.07) is 11.7. The topological polar surface area (TPSA) is 85.2 Å². The predicted octanol–water partition coefficient (Wildman–Crippen LogP) is 2.60. The van der Waals surface area contributed by atoms with Gasteiger partial charge in [0.25, 0.3) is 10.0 Å². The Morgan fingerprint density at radius 1 is 1.11 bits per heavy atom. The molecule has 4 rings (SSSR count). The third-order valence-electron chi connectivity index (χ3n) is 4.43. The molecule has 9 heteroatoms. The van der Waals surface area contributed by atoms with Crippen molar-refractivity contribution < 1.29 is 13.2 Å². The molecule has 0 N–H and O–H groups in total. The average molecular weight is 415 g/mol. The van der Waals surface area contributed by atoms with Crippen LogP contribution in [0, 0.1) is 6.92 Å². The fourth-order valence-corrected chi connectivity index (χ4v) is 5.71. The highest BCUT2D eigenvalue weighted by Gasteiger charge is 2.36. The smallest absolute Gasteiger partial charge is 0.267 e. The lowest BCUT2D eigenvalue weighted by Crippen LogP contribution is -2.30. The van der Waals surface area contributed by atoms with Crippen molar-refractivity contribution in [3.05, 3.63) is 78.1 Å². The second-order valence-electron chi connectivity index (χ2n) is 6.38. The van der Waals surface area contributed by atoms with Crippen LogP contribution < -0.4 is 0 Å². The van der Waals surface area contributed by atoms with Crippen molar-refractivity contribution in [2.75, 3.05) is 5.75 Å². The Kier molecular flexibility index (Phi) is 4.94. The third kappa shape index (κ3) is 3.43. The molecule has 0 saturated carbocycles. The molecule has 0 aliphatic carbocycles. The zero-order chi connectivity index (χ0) is 19.7. The molecule has 1 unspecified atom stereocenters. The van der Waals surface area contributed by atoms with Crippen molar-refractivity contribution in [1.82, 2.24) is 18.8 Å². The number of carbonyl (C=O) groups is 1. The number of amides is 1. The zero-order valence-electron chi connectivity index (χ0n) is 15.1.